The summed E-state index contributed by atoms with van der Waals surface area (Å²) >= 11 is 13.2. The molecule has 1 heterocycles. The number of nitrogens with one attached hydrogen (secondary N) is 2. The lowest BCUT2D eigenvalue weighted by Gasteiger charge is -2.11. The van der Waals surface area contributed by atoms with Crippen LogP contribution in [0.5, 0.6) is 0 Å². The van der Waals surface area contributed by atoms with Crippen LogP contribution in [0.15, 0.2) is 39.5 Å². The van der Waals surface area contributed by atoms with Crippen molar-refractivity contribution in [1.82, 2.24) is 10.6 Å². The smallest absolute Gasteiger partial charge is 0.247 e. The number of nitrogens with two attached hydrogens (primary N) is 1. The topological polar surface area (TPSA) is 96.6 Å². The molecule has 0 radical (unpaired) electrons. The Balaban J connectivity index is 0.00000392. The first-order valence-corrected chi connectivity index (χ1v) is 11.5. The van der Waals surface area contributed by atoms with Gasteiger partial charge in [-0.1, -0.05) is 29.3 Å². The lowest BCUT2D eigenvalue weighted by Crippen LogP contribution is -2.37. The molecule has 0 saturated carbocycles. The number of rotatable bonds is 8. The van der Waals surface area contributed by atoms with Crippen molar-refractivity contribution in [2.75, 3.05) is 13.1 Å². The average molecular weight is 577 g/mol. The maximum absolute atomic E-state index is 11.3. The van der Waals surface area contributed by atoms with Gasteiger partial charge < -0.3 is 10.6 Å². The Labute approximate surface area is 197 Å². The monoisotopic (exact) mass is 576 g/mol. The molecule has 1 aromatic carbocycles. The minimum absolute atomic E-state index is 0. The van der Waals surface area contributed by atoms with Crippen LogP contribution in [0, 0.1) is 0 Å². The van der Waals surface area contributed by atoms with E-state index in [1.165, 1.54) is 6.07 Å². The first-order valence-electron chi connectivity index (χ1n) is 8.37. The maximum atomic E-state index is 11.3. The quantitative estimate of drug-likeness (QED) is 0.191. The van der Waals surface area contributed by atoms with Gasteiger partial charge in [0.05, 0.1) is 6.54 Å². The highest BCUT2D eigenvalue weighted by Crippen LogP contribution is 2.22. The van der Waals surface area contributed by atoms with Crippen LogP contribution in [-0.4, -0.2) is 27.5 Å². The summed E-state index contributed by atoms with van der Waals surface area (Å²) in [7, 11) is -3.66. The van der Waals surface area contributed by atoms with Crippen molar-refractivity contribution < 1.29 is 8.42 Å². The lowest BCUT2D eigenvalue weighted by atomic mass is 10.1. The maximum Gasteiger partial charge on any atom is 0.247 e. The highest BCUT2D eigenvalue weighted by Gasteiger charge is 2.11. The van der Waals surface area contributed by atoms with Crippen LogP contribution in [0.25, 0.3) is 0 Å². The van der Waals surface area contributed by atoms with Crippen molar-refractivity contribution in [3.8, 4) is 0 Å². The van der Waals surface area contributed by atoms with Crippen LogP contribution >= 0.6 is 58.5 Å². The first kappa shape index (κ1) is 25.4. The zero-order valence-corrected chi connectivity index (χ0v) is 20.7. The number of guanidine groups is 1. The summed E-state index contributed by atoms with van der Waals surface area (Å²) in [6.07, 6.45) is 1.70. The number of hydrogen-bond acceptors (Lipinski definition) is 4. The second kappa shape index (κ2) is 12.2. The van der Waals surface area contributed by atoms with E-state index in [1.54, 1.807) is 12.1 Å². The van der Waals surface area contributed by atoms with Crippen LogP contribution in [0.1, 0.15) is 23.8 Å². The third kappa shape index (κ3) is 8.42. The molecule has 0 fully saturated rings. The number of thiophene rings is 1. The van der Waals surface area contributed by atoms with Crippen LogP contribution in [0.4, 0.5) is 0 Å². The molecule has 0 atom stereocenters. The van der Waals surface area contributed by atoms with Crippen molar-refractivity contribution in [3.63, 3.8) is 0 Å². The van der Waals surface area contributed by atoms with Gasteiger partial charge in [0.1, 0.15) is 4.21 Å². The normalized spacial score (nSPS) is 11.8. The van der Waals surface area contributed by atoms with E-state index in [9.17, 15) is 8.42 Å². The van der Waals surface area contributed by atoms with Crippen molar-refractivity contribution in [3.05, 3.63) is 50.8 Å². The van der Waals surface area contributed by atoms with Crippen molar-refractivity contribution >= 4 is 74.5 Å². The Bertz CT molecular complexity index is 904. The fourth-order valence-corrected chi connectivity index (χ4v) is 4.51. The molecule has 4 N–H and O–H groups in total. The van der Waals surface area contributed by atoms with Gasteiger partial charge >= 0.3 is 0 Å². The minimum Gasteiger partial charge on any atom is -0.357 e. The van der Waals surface area contributed by atoms with Crippen LogP contribution in [0.2, 0.25) is 10.0 Å². The zero-order valence-electron chi connectivity index (χ0n) is 15.2. The molecule has 0 amide bonds. The number of halogens is 3. The second-order valence-corrected chi connectivity index (χ2v) is 9.53. The van der Waals surface area contributed by atoms with E-state index < -0.39 is 10.0 Å². The summed E-state index contributed by atoms with van der Waals surface area (Å²) in [5.41, 5.74) is 1.05. The van der Waals surface area contributed by atoms with Gasteiger partial charge in [-0.15, -0.1) is 35.3 Å². The lowest BCUT2D eigenvalue weighted by molar-refractivity contribution is 0.600. The molecular weight excluding hydrogens is 554 g/mol. The number of nitrogens with zero attached hydrogens (tertiary/aromatic N) is 1. The molecule has 0 aliphatic rings. The molecule has 0 spiro atoms. The highest BCUT2D eigenvalue weighted by molar-refractivity contribution is 14.0. The van der Waals surface area contributed by atoms with Gasteiger partial charge in [0, 0.05) is 28.0 Å². The molecule has 11 heteroatoms. The molecule has 156 valence electrons. The predicted molar refractivity (Wildman–Crippen MR) is 129 cm³/mol. The minimum atomic E-state index is -3.66. The van der Waals surface area contributed by atoms with E-state index in [0.717, 1.165) is 47.7 Å². The molecule has 0 bridgehead atoms. The van der Waals surface area contributed by atoms with Gasteiger partial charge in [0.25, 0.3) is 0 Å². The third-order valence-corrected chi connectivity index (χ3v) is 6.68. The van der Waals surface area contributed by atoms with Gasteiger partial charge in [0.15, 0.2) is 5.96 Å². The standard InChI is InChI=1S/C17H22Cl2N4O2S2.HI/c1-2-21-17(23-11-14-7-8-16(26-14)27(20,24)25)22-9-3-4-12-5-6-13(18)10-15(12)19;/h5-8,10H,2-4,9,11H2,1H3,(H2,20,24,25)(H2,21,22,23);1H. The Kier molecular flexibility index (Phi) is 11.1. The molecule has 0 saturated heterocycles. The van der Waals surface area contributed by atoms with E-state index >= 15 is 0 Å². The summed E-state index contributed by atoms with van der Waals surface area (Å²) < 4.78 is 22.8. The van der Waals surface area contributed by atoms with Crippen molar-refractivity contribution in [2.24, 2.45) is 10.1 Å². The molecule has 6 nitrogen and oxygen atoms in total. The zero-order chi connectivity index (χ0) is 19.9. The van der Waals surface area contributed by atoms with E-state index in [-0.39, 0.29) is 28.2 Å². The SMILES string of the molecule is CCNC(=NCc1ccc(S(N)(=O)=O)s1)NCCCc1ccc(Cl)cc1Cl.I. The molecule has 2 aromatic rings. The molecule has 0 aliphatic heterocycles. The number of sulfonamides is 1. The third-order valence-electron chi connectivity index (χ3n) is 3.59. The summed E-state index contributed by atoms with van der Waals surface area (Å²) in [5.74, 6) is 0.672. The number of aryl methyl sites for hydroxylation is 1. The number of benzene rings is 1. The fourth-order valence-electron chi connectivity index (χ4n) is 2.30. The van der Waals surface area contributed by atoms with E-state index in [0.29, 0.717) is 22.5 Å². The van der Waals surface area contributed by atoms with Gasteiger partial charge in [-0.3, -0.25) is 0 Å². The molecule has 1 aromatic heterocycles. The van der Waals surface area contributed by atoms with Crippen LogP contribution in [-0.2, 0) is 23.0 Å². The van der Waals surface area contributed by atoms with Gasteiger partial charge in [-0.05, 0) is 49.6 Å². The number of aliphatic imine (C=N–C) groups is 1. The van der Waals surface area contributed by atoms with Gasteiger partial charge in [0.2, 0.25) is 10.0 Å². The molecule has 28 heavy (non-hydrogen) atoms. The Hall–Kier alpha value is -0.590. The molecule has 0 aliphatic carbocycles. The second-order valence-electron chi connectivity index (χ2n) is 5.73. The van der Waals surface area contributed by atoms with E-state index in [2.05, 4.69) is 15.6 Å². The number of hydrogen-bond donors (Lipinski definition) is 3. The van der Waals surface area contributed by atoms with Crippen molar-refractivity contribution in [1.29, 1.82) is 0 Å². The molecule has 2 rings (SSSR count). The molecular formula is C17H23Cl2IN4O2S2. The summed E-state index contributed by atoms with van der Waals surface area (Å²) in [5, 5.41) is 12.9. The average Bonchev–Trinajstić information content (AvgIpc) is 3.07. The summed E-state index contributed by atoms with van der Waals surface area (Å²) in [6.45, 7) is 3.80. The Morgan fingerprint density at radius 3 is 2.57 bits per heavy atom. The Morgan fingerprint density at radius 2 is 1.96 bits per heavy atom. The van der Waals surface area contributed by atoms with Crippen LogP contribution in [0.3, 0.4) is 0 Å². The van der Waals surface area contributed by atoms with Gasteiger partial charge in [-0.2, -0.15) is 0 Å². The van der Waals surface area contributed by atoms with Gasteiger partial charge in [-0.25, -0.2) is 18.5 Å². The predicted octanol–water partition coefficient (Wildman–Crippen LogP) is 4.01. The van der Waals surface area contributed by atoms with E-state index in [4.69, 9.17) is 28.3 Å². The summed E-state index contributed by atoms with van der Waals surface area (Å²) in [4.78, 5) is 5.30. The largest absolute Gasteiger partial charge is 0.357 e. The Morgan fingerprint density at radius 1 is 1.21 bits per heavy atom. The first-order chi connectivity index (χ1) is 12.8. The van der Waals surface area contributed by atoms with E-state index in [1.807, 2.05) is 19.1 Å². The molecule has 0 unspecified atom stereocenters. The van der Waals surface area contributed by atoms with Crippen LogP contribution < -0.4 is 15.8 Å². The fraction of sp³-hybridized carbons (Fsp3) is 0.353. The highest BCUT2D eigenvalue weighted by atomic mass is 127. The summed E-state index contributed by atoms with van der Waals surface area (Å²) in [6, 6.07) is 8.73. The number of primary sulfonamides is 1. The van der Waals surface area contributed by atoms with Crippen molar-refractivity contribution in [2.45, 2.75) is 30.5 Å².